The van der Waals surface area contributed by atoms with Crippen LogP contribution in [-0.4, -0.2) is 78.8 Å². The summed E-state index contributed by atoms with van der Waals surface area (Å²) in [5.41, 5.74) is 20.0. The van der Waals surface area contributed by atoms with E-state index in [1.807, 2.05) is 60.7 Å². The Bertz CT molecular complexity index is 1240. The number of aromatic nitrogens is 1. The number of carbonyl (C=O) groups is 3. The van der Waals surface area contributed by atoms with Gasteiger partial charge >= 0.3 is 0 Å². The molecule has 10 nitrogen and oxygen atoms in total. The number of nitrogens with one attached hydrogen (secondary N) is 2. The molecule has 0 aliphatic rings. The van der Waals surface area contributed by atoms with Crippen molar-refractivity contribution in [3.63, 3.8) is 0 Å². The van der Waals surface area contributed by atoms with Crippen LogP contribution < -0.4 is 27.8 Å². The third-order valence-electron chi connectivity index (χ3n) is 6.66. The lowest BCUT2D eigenvalue weighted by Crippen LogP contribution is -2.51. The number of Topliss-reactive ketones (excluding diaryl/α,β-unsaturated/α-hetero) is 1. The molecule has 10 heteroatoms. The molecule has 1 aromatic heterocycles. The van der Waals surface area contributed by atoms with Crippen molar-refractivity contribution >= 4 is 28.5 Å². The number of pyridine rings is 1. The minimum absolute atomic E-state index is 0.117. The quantitative estimate of drug-likeness (QED) is 0.152. The van der Waals surface area contributed by atoms with Crippen LogP contribution in [0.2, 0.25) is 0 Å². The highest BCUT2D eigenvalue weighted by atomic mass is 16.2. The molecule has 8 N–H and O–H groups in total. The molecule has 0 aliphatic carbocycles. The van der Waals surface area contributed by atoms with Gasteiger partial charge in [-0.15, -0.1) is 0 Å². The molecule has 0 radical (unpaired) electrons. The second kappa shape index (κ2) is 16.4. The number of carbonyl (C=O) groups excluding carboxylic acids is 3. The molecule has 0 bridgehead atoms. The van der Waals surface area contributed by atoms with E-state index in [2.05, 4.69) is 15.6 Å². The topological polar surface area (TPSA) is 169 Å². The largest absolute Gasteiger partial charge is 0.345 e. The molecule has 40 heavy (non-hydrogen) atoms. The van der Waals surface area contributed by atoms with E-state index in [0.717, 1.165) is 22.0 Å². The van der Waals surface area contributed by atoms with Crippen LogP contribution in [0.3, 0.4) is 0 Å². The Morgan fingerprint density at radius 1 is 0.900 bits per heavy atom. The molecule has 0 spiro atoms. The average molecular weight is 548 g/mol. The van der Waals surface area contributed by atoms with E-state index in [9.17, 15) is 14.4 Å². The average Bonchev–Trinajstić information content (AvgIpc) is 2.97. The second-order valence-corrected chi connectivity index (χ2v) is 9.78. The van der Waals surface area contributed by atoms with Crippen molar-refractivity contribution in [3.8, 4) is 0 Å². The van der Waals surface area contributed by atoms with Crippen molar-refractivity contribution in [2.24, 2.45) is 17.2 Å². The normalized spacial score (nSPS) is 12.6. The monoisotopic (exact) mass is 547 g/mol. The van der Waals surface area contributed by atoms with Gasteiger partial charge in [-0.25, -0.2) is 0 Å². The number of aryl methyl sites for hydroxylation is 1. The van der Waals surface area contributed by atoms with Gasteiger partial charge in [-0.1, -0.05) is 48.5 Å². The summed E-state index contributed by atoms with van der Waals surface area (Å²) in [6.45, 7) is 2.78. The Labute approximate surface area is 235 Å². The minimum Gasteiger partial charge on any atom is -0.345 e. The van der Waals surface area contributed by atoms with Gasteiger partial charge in [-0.05, 0) is 36.1 Å². The zero-order valence-corrected chi connectivity index (χ0v) is 22.9. The number of fused-ring (bicyclic) bond motifs is 1. The molecule has 2 atom stereocenters. The maximum atomic E-state index is 13.4. The number of nitrogens with two attached hydrogens (primary N) is 3. The molecule has 0 saturated carbocycles. The highest BCUT2D eigenvalue weighted by Gasteiger charge is 2.26. The van der Waals surface area contributed by atoms with Crippen molar-refractivity contribution in [1.29, 1.82) is 0 Å². The minimum atomic E-state index is -1.10. The molecule has 3 rings (SSSR count). The number of para-hydroxylation sites is 1. The van der Waals surface area contributed by atoms with Crippen LogP contribution in [-0.2, 0) is 27.2 Å². The molecular weight excluding hydrogens is 506 g/mol. The number of amides is 2. The van der Waals surface area contributed by atoms with E-state index in [0.29, 0.717) is 52.1 Å². The Morgan fingerprint density at radius 3 is 2.40 bits per heavy atom. The van der Waals surface area contributed by atoms with Crippen molar-refractivity contribution in [3.05, 3.63) is 78.0 Å². The maximum Gasteiger partial charge on any atom is 0.238 e. The summed E-state index contributed by atoms with van der Waals surface area (Å²) in [6.07, 6.45) is 2.63. The molecule has 2 aromatic carbocycles. The van der Waals surface area contributed by atoms with E-state index in [1.54, 1.807) is 11.1 Å². The summed E-state index contributed by atoms with van der Waals surface area (Å²) < 4.78 is 0. The van der Waals surface area contributed by atoms with Crippen LogP contribution in [0.1, 0.15) is 24.0 Å². The zero-order chi connectivity index (χ0) is 28.7. The van der Waals surface area contributed by atoms with Gasteiger partial charge in [0.05, 0.1) is 24.0 Å². The van der Waals surface area contributed by atoms with Crippen molar-refractivity contribution in [2.75, 3.05) is 39.3 Å². The third kappa shape index (κ3) is 9.80. The van der Waals surface area contributed by atoms with Gasteiger partial charge in [0.1, 0.15) is 0 Å². The molecular formula is C30H41N7O3. The van der Waals surface area contributed by atoms with Crippen LogP contribution >= 0.6 is 0 Å². The maximum absolute atomic E-state index is 13.4. The Balaban J connectivity index is 1.65. The molecule has 0 fully saturated rings. The van der Waals surface area contributed by atoms with Crippen molar-refractivity contribution < 1.29 is 14.4 Å². The standard InChI is InChI=1S/C30H41N7O3/c31-12-14-34-15-17-37(16-13-32)29(39)20-25(33)30(40)36-27(11-10-22-6-2-1-3-7-22)28(38)19-23-18-24-8-4-5-9-26(24)35-21-23/h1-9,18,21,25,27,34H,10-17,19-20,31-33H2,(H,36,40)/t25-,27-/m0/s1. The highest BCUT2D eigenvalue weighted by Crippen LogP contribution is 2.15. The van der Waals surface area contributed by atoms with Crippen molar-refractivity contribution in [2.45, 2.75) is 37.8 Å². The SMILES string of the molecule is NCCNCCN(CCN)C(=O)C[C@H](N)C(=O)N[C@@H](CCc1ccccc1)C(=O)Cc1cnc2ccccc2c1. The van der Waals surface area contributed by atoms with Crippen LogP contribution in [0, 0.1) is 0 Å². The number of hydrogen-bond acceptors (Lipinski definition) is 8. The Hall–Kier alpha value is -3.70. The van der Waals surface area contributed by atoms with E-state index >= 15 is 0 Å². The van der Waals surface area contributed by atoms with E-state index < -0.39 is 18.0 Å². The zero-order valence-electron chi connectivity index (χ0n) is 22.9. The Kier molecular flexibility index (Phi) is 12.7. The summed E-state index contributed by atoms with van der Waals surface area (Å²) >= 11 is 0. The van der Waals surface area contributed by atoms with Gasteiger partial charge in [-0.2, -0.15) is 0 Å². The lowest BCUT2D eigenvalue weighted by Gasteiger charge is -2.25. The number of hydrogen-bond donors (Lipinski definition) is 5. The number of nitrogens with zero attached hydrogens (tertiary/aromatic N) is 2. The first-order valence-electron chi connectivity index (χ1n) is 13.8. The first-order valence-corrected chi connectivity index (χ1v) is 13.8. The predicted octanol–water partition coefficient (Wildman–Crippen LogP) is 0.517. The van der Waals surface area contributed by atoms with Crippen LogP contribution in [0.5, 0.6) is 0 Å². The lowest BCUT2D eigenvalue weighted by molar-refractivity contribution is -0.135. The highest BCUT2D eigenvalue weighted by molar-refractivity contribution is 5.94. The predicted molar refractivity (Wildman–Crippen MR) is 157 cm³/mol. The Morgan fingerprint density at radius 2 is 1.65 bits per heavy atom. The fourth-order valence-electron chi connectivity index (χ4n) is 4.45. The summed E-state index contributed by atoms with van der Waals surface area (Å²) in [6, 6.07) is 17.5. The van der Waals surface area contributed by atoms with Gasteiger partial charge in [0.2, 0.25) is 11.8 Å². The van der Waals surface area contributed by atoms with Crippen LogP contribution in [0.25, 0.3) is 10.9 Å². The number of rotatable bonds is 17. The first kappa shape index (κ1) is 30.8. The lowest BCUT2D eigenvalue weighted by atomic mass is 9.97. The van der Waals surface area contributed by atoms with Crippen molar-refractivity contribution in [1.82, 2.24) is 20.5 Å². The van der Waals surface area contributed by atoms with E-state index in [4.69, 9.17) is 17.2 Å². The molecule has 0 unspecified atom stereocenters. The second-order valence-electron chi connectivity index (χ2n) is 9.78. The molecule has 214 valence electrons. The number of benzene rings is 2. The smallest absolute Gasteiger partial charge is 0.238 e. The van der Waals surface area contributed by atoms with E-state index in [1.165, 1.54) is 0 Å². The van der Waals surface area contributed by atoms with Gasteiger partial charge in [0, 0.05) is 57.3 Å². The van der Waals surface area contributed by atoms with Gasteiger partial charge in [0.25, 0.3) is 0 Å². The first-order chi connectivity index (χ1) is 19.4. The molecule has 1 heterocycles. The van der Waals surface area contributed by atoms with Gasteiger partial charge in [-0.3, -0.25) is 19.4 Å². The van der Waals surface area contributed by atoms with E-state index in [-0.39, 0.29) is 24.5 Å². The number of ketones is 1. The summed E-state index contributed by atoms with van der Waals surface area (Å²) in [4.78, 5) is 45.4. The molecule has 0 saturated heterocycles. The third-order valence-corrected chi connectivity index (χ3v) is 6.66. The summed E-state index contributed by atoms with van der Waals surface area (Å²) in [5, 5.41) is 6.91. The van der Waals surface area contributed by atoms with Gasteiger partial charge in [0.15, 0.2) is 5.78 Å². The molecule has 0 aliphatic heterocycles. The fourth-order valence-corrected chi connectivity index (χ4v) is 4.45. The summed E-state index contributed by atoms with van der Waals surface area (Å²) in [7, 11) is 0. The van der Waals surface area contributed by atoms with Crippen LogP contribution in [0.4, 0.5) is 0 Å². The fraction of sp³-hybridized carbons (Fsp3) is 0.400. The molecule has 3 aromatic rings. The summed E-state index contributed by atoms with van der Waals surface area (Å²) in [5.74, 6) is -0.946. The molecule has 2 amide bonds. The van der Waals surface area contributed by atoms with Crippen LogP contribution in [0.15, 0.2) is 66.9 Å². The van der Waals surface area contributed by atoms with Gasteiger partial charge < -0.3 is 32.7 Å².